The van der Waals surface area contributed by atoms with Gasteiger partial charge in [0.1, 0.15) is 0 Å². The Hall–Kier alpha value is -0.630. The van der Waals surface area contributed by atoms with Gasteiger partial charge in [-0.1, -0.05) is 41.6 Å². The van der Waals surface area contributed by atoms with E-state index in [0.29, 0.717) is 11.8 Å². The predicted molar refractivity (Wildman–Crippen MR) is 83.8 cm³/mol. The molecule has 19 heavy (non-hydrogen) atoms. The van der Waals surface area contributed by atoms with Crippen LogP contribution < -0.4 is 0 Å². The van der Waals surface area contributed by atoms with E-state index in [1.54, 1.807) is 0 Å². The van der Waals surface area contributed by atoms with Gasteiger partial charge in [0.05, 0.1) is 0 Å². The van der Waals surface area contributed by atoms with Crippen molar-refractivity contribution >= 4 is 35.0 Å². The third-order valence-electron chi connectivity index (χ3n) is 3.49. The maximum absolute atomic E-state index is 6.17. The summed E-state index contributed by atoms with van der Waals surface area (Å²) < 4.78 is 0. The molecule has 1 aliphatic rings. The largest absolute Gasteiger partial charge is 0.127 e. The summed E-state index contributed by atoms with van der Waals surface area (Å²) in [4.78, 5) is 2.68. The highest BCUT2D eigenvalue weighted by Crippen LogP contribution is 2.48. The summed E-state index contributed by atoms with van der Waals surface area (Å²) in [6, 6.07) is 14.9. The summed E-state index contributed by atoms with van der Waals surface area (Å²) in [6.45, 7) is 0. The van der Waals surface area contributed by atoms with Gasteiger partial charge < -0.3 is 0 Å². The fourth-order valence-electron chi connectivity index (χ4n) is 2.62. The first-order valence-electron chi connectivity index (χ1n) is 6.42. The molecule has 0 aliphatic carbocycles. The van der Waals surface area contributed by atoms with Gasteiger partial charge in [0.2, 0.25) is 0 Å². The lowest BCUT2D eigenvalue weighted by molar-refractivity contribution is 0.676. The summed E-state index contributed by atoms with van der Waals surface area (Å²) in [7, 11) is 0. The summed E-state index contributed by atoms with van der Waals surface area (Å²) in [5.41, 5.74) is 2.76. The lowest BCUT2D eigenvalue weighted by Gasteiger charge is -2.28. The zero-order chi connectivity index (χ0) is 13.2. The number of benzene rings is 2. The molecule has 0 radical (unpaired) electrons. The lowest BCUT2D eigenvalue weighted by Crippen LogP contribution is -2.08. The molecule has 0 saturated carbocycles. The van der Waals surface area contributed by atoms with Crippen LogP contribution in [-0.2, 0) is 0 Å². The van der Waals surface area contributed by atoms with Crippen molar-refractivity contribution in [1.82, 2.24) is 0 Å². The van der Waals surface area contributed by atoms with Crippen LogP contribution in [0.4, 0.5) is 0 Å². The highest BCUT2D eigenvalue weighted by molar-refractivity contribution is 7.99. The van der Waals surface area contributed by atoms with Gasteiger partial charge in [-0.2, -0.15) is 0 Å². The maximum atomic E-state index is 6.17. The molecule has 2 aromatic carbocycles. The first-order chi connectivity index (χ1) is 9.29. The fourth-order valence-corrected chi connectivity index (χ4v) is 4.13. The Bertz CT molecular complexity index is 595. The summed E-state index contributed by atoms with van der Waals surface area (Å²) in [5, 5.41) is 0.814. The van der Waals surface area contributed by atoms with Crippen molar-refractivity contribution in [2.75, 3.05) is 5.88 Å². The van der Waals surface area contributed by atoms with Crippen molar-refractivity contribution in [3.8, 4) is 0 Å². The number of hydrogen-bond donors (Lipinski definition) is 0. The second-order valence-electron chi connectivity index (χ2n) is 4.71. The third kappa shape index (κ3) is 2.65. The number of halogens is 2. The van der Waals surface area contributed by atoms with E-state index in [2.05, 4.69) is 36.4 Å². The highest BCUT2D eigenvalue weighted by atomic mass is 35.5. The topological polar surface area (TPSA) is 0 Å². The van der Waals surface area contributed by atoms with Crippen LogP contribution in [0, 0.1) is 0 Å². The monoisotopic (exact) mass is 308 g/mol. The van der Waals surface area contributed by atoms with Crippen molar-refractivity contribution in [2.24, 2.45) is 0 Å². The molecular formula is C16H14Cl2S. The molecule has 1 heterocycles. The summed E-state index contributed by atoms with van der Waals surface area (Å²) in [6.07, 6.45) is 2.10. The Morgan fingerprint density at radius 2 is 1.79 bits per heavy atom. The third-order valence-corrected chi connectivity index (χ3v) is 5.17. The van der Waals surface area contributed by atoms with Gasteiger partial charge >= 0.3 is 0 Å². The first kappa shape index (κ1) is 13.4. The van der Waals surface area contributed by atoms with Crippen molar-refractivity contribution in [2.45, 2.75) is 28.6 Å². The van der Waals surface area contributed by atoms with Crippen LogP contribution in [0.3, 0.4) is 0 Å². The molecule has 1 aliphatic heterocycles. The molecule has 3 rings (SSSR count). The normalized spacial score (nSPS) is 16.8. The van der Waals surface area contributed by atoms with E-state index >= 15 is 0 Å². The molecule has 0 aromatic heterocycles. The number of fused-ring (bicyclic) bond motifs is 2. The smallest absolute Gasteiger partial charge is 0.0409 e. The van der Waals surface area contributed by atoms with Crippen LogP contribution in [0.5, 0.6) is 0 Å². The summed E-state index contributed by atoms with van der Waals surface area (Å²) >= 11 is 13.9. The molecule has 2 aromatic rings. The van der Waals surface area contributed by atoms with Crippen LogP contribution in [0.2, 0.25) is 5.02 Å². The average molecular weight is 309 g/mol. The van der Waals surface area contributed by atoms with Crippen molar-refractivity contribution in [1.29, 1.82) is 0 Å². The molecule has 0 nitrogen and oxygen atoms in total. The van der Waals surface area contributed by atoms with Gasteiger partial charge in [0.25, 0.3) is 0 Å². The predicted octanol–water partition coefficient (Wildman–Crippen LogP) is 5.96. The van der Waals surface area contributed by atoms with Crippen molar-refractivity contribution in [3.63, 3.8) is 0 Å². The van der Waals surface area contributed by atoms with Gasteiger partial charge in [0.15, 0.2) is 0 Å². The average Bonchev–Trinajstić information content (AvgIpc) is 2.44. The van der Waals surface area contributed by atoms with Crippen LogP contribution in [0.25, 0.3) is 0 Å². The molecule has 1 atom stereocenters. The second kappa shape index (κ2) is 5.78. The van der Waals surface area contributed by atoms with Gasteiger partial charge in [-0.15, -0.1) is 11.6 Å². The minimum Gasteiger partial charge on any atom is -0.127 e. The van der Waals surface area contributed by atoms with E-state index in [0.717, 1.165) is 17.9 Å². The Morgan fingerprint density at radius 3 is 2.63 bits per heavy atom. The Kier molecular flexibility index (Phi) is 4.07. The van der Waals surface area contributed by atoms with E-state index in [1.165, 1.54) is 20.9 Å². The van der Waals surface area contributed by atoms with Crippen LogP contribution in [0.1, 0.15) is 29.9 Å². The van der Waals surface area contributed by atoms with Crippen molar-refractivity contribution < 1.29 is 0 Å². The molecule has 3 heteroatoms. The van der Waals surface area contributed by atoms with Crippen molar-refractivity contribution in [3.05, 3.63) is 58.6 Å². The minimum absolute atomic E-state index is 0.421. The standard InChI is InChI=1S/C16H14Cl2S/c17-9-3-5-12-13-4-1-2-6-15(13)19-16-8-7-11(18)10-14(12)16/h1-2,4,6-8,10,12H,3,5,9H2/t12-/m0/s1. The van der Waals surface area contributed by atoms with E-state index in [4.69, 9.17) is 23.2 Å². The summed E-state index contributed by atoms with van der Waals surface area (Å²) in [5.74, 6) is 1.13. The van der Waals surface area contributed by atoms with Gasteiger partial charge in [-0.3, -0.25) is 0 Å². The van der Waals surface area contributed by atoms with Gasteiger partial charge in [-0.05, 0) is 48.2 Å². The Morgan fingerprint density at radius 1 is 1.00 bits per heavy atom. The van der Waals surface area contributed by atoms with E-state index in [-0.39, 0.29) is 0 Å². The molecule has 98 valence electrons. The van der Waals surface area contributed by atoms with E-state index in [9.17, 15) is 0 Å². The number of rotatable bonds is 3. The van der Waals surface area contributed by atoms with Crippen LogP contribution in [-0.4, -0.2) is 5.88 Å². The molecular weight excluding hydrogens is 295 g/mol. The van der Waals surface area contributed by atoms with E-state index < -0.39 is 0 Å². The molecule has 0 amide bonds. The zero-order valence-electron chi connectivity index (χ0n) is 10.4. The molecule has 0 spiro atoms. The van der Waals surface area contributed by atoms with E-state index in [1.807, 2.05) is 17.8 Å². The highest BCUT2D eigenvalue weighted by Gasteiger charge is 2.25. The fraction of sp³-hybridized carbons (Fsp3) is 0.250. The van der Waals surface area contributed by atoms with Gasteiger partial charge in [0, 0.05) is 26.6 Å². The van der Waals surface area contributed by atoms with Crippen LogP contribution >= 0.6 is 35.0 Å². The second-order valence-corrected chi connectivity index (χ2v) is 6.60. The molecule has 0 N–H and O–H groups in total. The number of alkyl halides is 1. The Labute approximate surface area is 128 Å². The number of hydrogen-bond acceptors (Lipinski definition) is 1. The SMILES string of the molecule is ClCCC[C@H]1c2ccccc2Sc2ccc(Cl)cc21. The quantitative estimate of drug-likeness (QED) is 0.631. The molecule has 0 fully saturated rings. The molecule has 0 saturated heterocycles. The van der Waals surface area contributed by atoms with Crippen LogP contribution in [0.15, 0.2) is 52.3 Å². The van der Waals surface area contributed by atoms with Gasteiger partial charge in [-0.25, -0.2) is 0 Å². The molecule has 0 bridgehead atoms. The minimum atomic E-state index is 0.421. The lowest BCUT2D eigenvalue weighted by atomic mass is 9.87. The Balaban J connectivity index is 2.08. The zero-order valence-corrected chi connectivity index (χ0v) is 12.7. The maximum Gasteiger partial charge on any atom is 0.0409 e. The molecule has 0 unspecified atom stereocenters. The first-order valence-corrected chi connectivity index (χ1v) is 8.14.